The molecule has 0 fully saturated rings. The molecule has 3 rings (SSSR count). The number of sulfonamides is 1. The first-order chi connectivity index (χ1) is 12.6. The number of primary sulfonamides is 1. The van der Waals surface area contributed by atoms with Crippen molar-refractivity contribution in [1.82, 2.24) is 5.32 Å². The zero-order valence-electron chi connectivity index (χ0n) is 14.6. The molecular formula is C18H18FN3O4S. The minimum absolute atomic E-state index is 0.0491. The van der Waals surface area contributed by atoms with E-state index in [0.717, 1.165) is 5.56 Å². The van der Waals surface area contributed by atoms with Gasteiger partial charge in [-0.2, -0.15) is 0 Å². The van der Waals surface area contributed by atoms with Gasteiger partial charge in [0, 0.05) is 16.6 Å². The molecule has 1 atom stereocenters. The molecule has 0 aliphatic heterocycles. The zero-order valence-corrected chi connectivity index (χ0v) is 15.4. The van der Waals surface area contributed by atoms with Crippen LogP contribution in [0.4, 0.5) is 14.9 Å². The second-order valence-corrected chi connectivity index (χ2v) is 7.68. The van der Waals surface area contributed by atoms with E-state index in [2.05, 4.69) is 10.6 Å². The zero-order chi connectivity index (χ0) is 19.8. The summed E-state index contributed by atoms with van der Waals surface area (Å²) >= 11 is 0. The summed E-state index contributed by atoms with van der Waals surface area (Å²) in [4.78, 5) is 12.1. The average molecular weight is 391 g/mol. The number of halogens is 1. The summed E-state index contributed by atoms with van der Waals surface area (Å²) in [6.07, 6.45) is 0. The minimum Gasteiger partial charge on any atom is -0.459 e. The number of aryl methyl sites for hydroxylation is 1. The molecule has 0 unspecified atom stereocenters. The quantitative estimate of drug-likeness (QED) is 0.632. The monoisotopic (exact) mass is 391 g/mol. The molecule has 0 saturated carbocycles. The smallest absolute Gasteiger partial charge is 0.319 e. The van der Waals surface area contributed by atoms with E-state index in [1.165, 1.54) is 36.4 Å². The van der Waals surface area contributed by atoms with Crippen LogP contribution in [0.25, 0.3) is 11.0 Å². The van der Waals surface area contributed by atoms with Crippen LogP contribution in [0.15, 0.2) is 51.8 Å². The number of anilines is 1. The summed E-state index contributed by atoms with van der Waals surface area (Å²) in [6.45, 7) is 3.54. The number of nitrogens with one attached hydrogen (secondary N) is 2. The molecular weight excluding hydrogens is 373 g/mol. The SMILES string of the molecule is Cc1c([C@H](C)NC(=O)Nc2ccc(S(N)(=O)=O)cc2)oc2ccc(F)cc12. The lowest BCUT2D eigenvalue weighted by molar-refractivity contribution is 0.248. The molecule has 27 heavy (non-hydrogen) atoms. The highest BCUT2D eigenvalue weighted by Crippen LogP contribution is 2.30. The van der Waals surface area contributed by atoms with Crippen LogP contribution in [-0.4, -0.2) is 14.4 Å². The van der Waals surface area contributed by atoms with Crippen LogP contribution in [0.2, 0.25) is 0 Å². The lowest BCUT2D eigenvalue weighted by atomic mass is 10.1. The fraction of sp³-hybridized carbons (Fsp3) is 0.167. The Labute approximate surface area is 155 Å². The standard InChI is InChI=1S/C18H18FN3O4S/c1-10-15-9-12(19)3-8-16(15)26-17(10)11(2)21-18(23)22-13-4-6-14(7-5-13)27(20,24)25/h3-9,11H,1-2H3,(H2,20,24,25)(H2,21,22,23)/t11-/m0/s1. The third-order valence-electron chi connectivity index (χ3n) is 4.12. The van der Waals surface area contributed by atoms with Gasteiger partial charge in [0.1, 0.15) is 17.2 Å². The number of amides is 2. The average Bonchev–Trinajstić information content (AvgIpc) is 2.91. The summed E-state index contributed by atoms with van der Waals surface area (Å²) in [6, 6.07) is 8.72. The number of urea groups is 1. The van der Waals surface area contributed by atoms with E-state index in [1.807, 2.05) is 0 Å². The Morgan fingerprint density at radius 3 is 2.48 bits per heavy atom. The van der Waals surface area contributed by atoms with Gasteiger partial charge in [-0.15, -0.1) is 0 Å². The van der Waals surface area contributed by atoms with E-state index in [4.69, 9.17) is 9.56 Å². The van der Waals surface area contributed by atoms with Crippen LogP contribution in [0.3, 0.4) is 0 Å². The molecule has 7 nitrogen and oxygen atoms in total. The van der Waals surface area contributed by atoms with Crippen LogP contribution < -0.4 is 15.8 Å². The summed E-state index contributed by atoms with van der Waals surface area (Å²) in [7, 11) is -3.79. The first-order valence-corrected chi connectivity index (χ1v) is 9.58. The number of furan rings is 1. The molecule has 2 amide bonds. The number of carbonyl (C=O) groups is 1. The number of nitrogens with two attached hydrogens (primary N) is 1. The van der Waals surface area contributed by atoms with Crippen molar-refractivity contribution in [3.63, 3.8) is 0 Å². The van der Waals surface area contributed by atoms with Gasteiger partial charge in [0.15, 0.2) is 0 Å². The molecule has 142 valence electrons. The molecule has 4 N–H and O–H groups in total. The largest absolute Gasteiger partial charge is 0.459 e. The number of fused-ring (bicyclic) bond motifs is 1. The third kappa shape index (κ3) is 4.09. The van der Waals surface area contributed by atoms with Crippen molar-refractivity contribution >= 4 is 32.7 Å². The minimum atomic E-state index is -3.79. The maximum Gasteiger partial charge on any atom is 0.319 e. The Morgan fingerprint density at radius 2 is 1.85 bits per heavy atom. The van der Waals surface area contributed by atoms with E-state index < -0.39 is 22.1 Å². The number of hydrogen-bond acceptors (Lipinski definition) is 4. The van der Waals surface area contributed by atoms with Crippen molar-refractivity contribution in [1.29, 1.82) is 0 Å². The molecule has 0 spiro atoms. The number of hydrogen-bond donors (Lipinski definition) is 3. The summed E-state index contributed by atoms with van der Waals surface area (Å²) < 4.78 is 41.6. The first-order valence-electron chi connectivity index (χ1n) is 8.04. The molecule has 0 aliphatic rings. The third-order valence-corrected chi connectivity index (χ3v) is 5.05. The van der Waals surface area contributed by atoms with Crippen LogP contribution in [0, 0.1) is 12.7 Å². The normalized spacial score (nSPS) is 12.7. The molecule has 0 aliphatic carbocycles. The van der Waals surface area contributed by atoms with Gasteiger partial charge in [-0.3, -0.25) is 0 Å². The van der Waals surface area contributed by atoms with Gasteiger partial charge in [-0.1, -0.05) is 0 Å². The molecule has 0 saturated heterocycles. The molecule has 1 heterocycles. The van der Waals surface area contributed by atoms with Gasteiger partial charge in [0.25, 0.3) is 0 Å². The Balaban J connectivity index is 1.71. The Hall–Kier alpha value is -2.91. The molecule has 0 bridgehead atoms. The molecule has 3 aromatic rings. The van der Waals surface area contributed by atoms with E-state index >= 15 is 0 Å². The summed E-state index contributed by atoms with van der Waals surface area (Å²) in [5, 5.41) is 11.0. The van der Waals surface area contributed by atoms with Crippen LogP contribution in [0.5, 0.6) is 0 Å². The Morgan fingerprint density at radius 1 is 1.19 bits per heavy atom. The van der Waals surface area contributed by atoms with Crippen molar-refractivity contribution in [2.45, 2.75) is 24.8 Å². The predicted octanol–water partition coefficient (Wildman–Crippen LogP) is 3.41. The van der Waals surface area contributed by atoms with Gasteiger partial charge in [-0.25, -0.2) is 22.7 Å². The molecule has 9 heteroatoms. The van der Waals surface area contributed by atoms with Gasteiger partial charge < -0.3 is 15.1 Å². The lowest BCUT2D eigenvalue weighted by Crippen LogP contribution is -2.31. The second-order valence-electron chi connectivity index (χ2n) is 6.12. The van der Waals surface area contributed by atoms with E-state index in [9.17, 15) is 17.6 Å². The van der Waals surface area contributed by atoms with Crippen molar-refractivity contribution in [2.75, 3.05) is 5.32 Å². The van der Waals surface area contributed by atoms with Crippen LogP contribution >= 0.6 is 0 Å². The number of benzene rings is 2. The molecule has 0 radical (unpaired) electrons. The predicted molar refractivity (Wildman–Crippen MR) is 99.3 cm³/mol. The molecule has 2 aromatic carbocycles. The number of rotatable bonds is 4. The van der Waals surface area contributed by atoms with Crippen molar-refractivity contribution in [3.8, 4) is 0 Å². The maximum atomic E-state index is 13.4. The highest BCUT2D eigenvalue weighted by molar-refractivity contribution is 7.89. The van der Waals surface area contributed by atoms with Crippen molar-refractivity contribution in [3.05, 3.63) is 59.6 Å². The van der Waals surface area contributed by atoms with Crippen LogP contribution in [0.1, 0.15) is 24.3 Å². The Kier molecular flexibility index (Phi) is 4.90. The Bertz CT molecular complexity index is 1110. The van der Waals surface area contributed by atoms with Gasteiger partial charge in [0.05, 0.1) is 10.9 Å². The van der Waals surface area contributed by atoms with E-state index in [1.54, 1.807) is 19.9 Å². The first kappa shape index (κ1) is 18.9. The van der Waals surface area contributed by atoms with Crippen LogP contribution in [-0.2, 0) is 10.0 Å². The number of carbonyl (C=O) groups excluding carboxylic acids is 1. The maximum absolute atomic E-state index is 13.4. The lowest BCUT2D eigenvalue weighted by Gasteiger charge is -2.13. The highest BCUT2D eigenvalue weighted by atomic mass is 32.2. The fourth-order valence-electron chi connectivity index (χ4n) is 2.78. The van der Waals surface area contributed by atoms with Gasteiger partial charge in [-0.05, 0) is 56.3 Å². The van der Waals surface area contributed by atoms with Gasteiger partial charge >= 0.3 is 6.03 Å². The second kappa shape index (κ2) is 7.01. The van der Waals surface area contributed by atoms with E-state index in [-0.39, 0.29) is 10.7 Å². The van der Waals surface area contributed by atoms with Gasteiger partial charge in [0.2, 0.25) is 10.0 Å². The highest BCUT2D eigenvalue weighted by Gasteiger charge is 2.19. The summed E-state index contributed by atoms with van der Waals surface area (Å²) in [5.74, 6) is 0.162. The molecule has 1 aromatic heterocycles. The fourth-order valence-corrected chi connectivity index (χ4v) is 3.30. The van der Waals surface area contributed by atoms with Crippen molar-refractivity contribution < 1.29 is 22.0 Å². The van der Waals surface area contributed by atoms with E-state index in [0.29, 0.717) is 22.4 Å². The van der Waals surface area contributed by atoms with Crippen molar-refractivity contribution in [2.24, 2.45) is 5.14 Å². The summed E-state index contributed by atoms with van der Waals surface area (Å²) in [5.41, 5.74) is 1.68. The topological polar surface area (TPSA) is 114 Å².